The highest BCUT2D eigenvalue weighted by molar-refractivity contribution is 7.85. The Balaban J connectivity index is 2.26. The summed E-state index contributed by atoms with van der Waals surface area (Å²) in [6.45, 7) is 4.34. The first-order chi connectivity index (χ1) is 10.1. The van der Waals surface area contributed by atoms with Gasteiger partial charge in [-0.05, 0) is 32.9 Å². The maximum Gasteiger partial charge on any atom is 0.406 e. The lowest BCUT2D eigenvalue weighted by molar-refractivity contribution is -0.139. The van der Waals surface area contributed by atoms with Gasteiger partial charge in [0.2, 0.25) is 0 Å². The molecule has 0 fully saturated rings. The molecule has 0 N–H and O–H groups in total. The number of alkyl halides is 3. The van der Waals surface area contributed by atoms with Crippen LogP contribution in [-0.4, -0.2) is 30.9 Å². The molecule has 2 aromatic heterocycles. The van der Waals surface area contributed by atoms with E-state index in [0.717, 1.165) is 4.57 Å². The van der Waals surface area contributed by atoms with Gasteiger partial charge < -0.3 is 4.57 Å². The van der Waals surface area contributed by atoms with Crippen LogP contribution in [0.2, 0.25) is 0 Å². The number of fused-ring (bicyclic) bond motifs is 1. The monoisotopic (exact) mass is 331 g/mol. The molecule has 2 heterocycles. The van der Waals surface area contributed by atoms with Crippen molar-refractivity contribution in [3.63, 3.8) is 0 Å². The summed E-state index contributed by atoms with van der Waals surface area (Å²) in [5, 5.41) is 0.627. The minimum absolute atomic E-state index is 0.395. The van der Waals surface area contributed by atoms with Gasteiger partial charge in [-0.2, -0.15) is 17.6 Å². The van der Waals surface area contributed by atoms with Crippen molar-refractivity contribution in [3.8, 4) is 0 Å². The molecule has 0 radical (unpaired) electrons. The molecule has 0 aromatic carbocycles. The van der Waals surface area contributed by atoms with E-state index < -0.39 is 28.5 Å². The molecule has 0 aliphatic heterocycles. The molecule has 22 heavy (non-hydrogen) atoms. The van der Waals surface area contributed by atoms with Gasteiger partial charge >= 0.3 is 6.18 Å². The summed E-state index contributed by atoms with van der Waals surface area (Å²) in [5.74, 6) is 0. The second-order valence-corrected chi connectivity index (χ2v) is 7.76. The molecular formula is C14H16F3N3OS. The average Bonchev–Trinajstić information content (AvgIpc) is 2.75. The van der Waals surface area contributed by atoms with Crippen molar-refractivity contribution < 1.29 is 17.4 Å². The van der Waals surface area contributed by atoms with Gasteiger partial charge in [0.05, 0.1) is 28.4 Å². The molecule has 120 valence electrons. The van der Waals surface area contributed by atoms with Crippen LogP contribution in [0.3, 0.4) is 0 Å². The summed E-state index contributed by atoms with van der Waals surface area (Å²) >= 11 is 0. The first kappa shape index (κ1) is 16.7. The van der Waals surface area contributed by atoms with Crippen molar-refractivity contribution in [2.75, 3.05) is 0 Å². The van der Waals surface area contributed by atoms with Crippen LogP contribution in [0.5, 0.6) is 0 Å². The summed E-state index contributed by atoms with van der Waals surface area (Å²) < 4.78 is 53.7. The van der Waals surface area contributed by atoms with Crippen LogP contribution in [-0.2, 0) is 17.5 Å². The molecule has 2 aromatic rings. The molecule has 0 amide bonds. The van der Waals surface area contributed by atoms with Gasteiger partial charge in [-0.25, -0.2) is 4.21 Å². The number of nitrogens with zero attached hydrogens (tertiary/aromatic N) is 3. The number of pyridine rings is 1. The van der Waals surface area contributed by atoms with Gasteiger partial charge in [0, 0.05) is 11.6 Å². The highest BCUT2D eigenvalue weighted by Crippen LogP contribution is 2.22. The molecule has 1 atom stereocenters. The van der Waals surface area contributed by atoms with Gasteiger partial charge in [0.1, 0.15) is 17.5 Å². The Morgan fingerprint density at radius 1 is 1.36 bits per heavy atom. The molecule has 0 aliphatic rings. The topological polar surface area (TPSA) is 47.2 Å². The van der Waals surface area contributed by atoms with E-state index in [9.17, 15) is 17.4 Å². The summed E-state index contributed by atoms with van der Waals surface area (Å²) in [7, 11) is -1.40. The van der Waals surface area contributed by atoms with E-state index >= 15 is 0 Å². The molecule has 8 heteroatoms. The average molecular weight is 331 g/mol. The molecular weight excluding hydrogens is 315 g/mol. The fourth-order valence-corrected chi connectivity index (χ4v) is 2.29. The Morgan fingerprint density at radius 3 is 2.64 bits per heavy atom. The lowest BCUT2D eigenvalue weighted by Crippen LogP contribution is -2.19. The highest BCUT2D eigenvalue weighted by Gasteiger charge is 2.28. The van der Waals surface area contributed by atoms with E-state index in [0.29, 0.717) is 16.6 Å². The normalized spacial score (nSPS) is 14.8. The van der Waals surface area contributed by atoms with Crippen molar-refractivity contribution in [1.82, 2.24) is 9.55 Å². The fourth-order valence-electron chi connectivity index (χ4n) is 1.77. The smallest absolute Gasteiger partial charge is 0.337 e. The molecule has 0 saturated heterocycles. The molecule has 2 rings (SSSR count). The van der Waals surface area contributed by atoms with Crippen LogP contribution in [0.15, 0.2) is 28.9 Å². The lowest BCUT2D eigenvalue weighted by atomic mass is 10.3. The van der Waals surface area contributed by atoms with Crippen molar-refractivity contribution in [1.29, 1.82) is 0 Å². The molecule has 0 saturated carbocycles. The SMILES string of the molecule is CC(C)(C)[S@@](=O)N=Cc1cc2ccn(CC(F)(F)F)c2cn1. The second kappa shape index (κ2) is 5.83. The van der Waals surface area contributed by atoms with Crippen LogP contribution < -0.4 is 0 Å². The number of hydrogen-bond donors (Lipinski definition) is 0. The maximum atomic E-state index is 12.5. The number of aromatic nitrogens is 2. The maximum absolute atomic E-state index is 12.5. The predicted octanol–water partition coefficient (Wildman–Crippen LogP) is 3.48. The fraction of sp³-hybridized carbons (Fsp3) is 0.429. The first-order valence-corrected chi connectivity index (χ1v) is 7.65. The van der Waals surface area contributed by atoms with Gasteiger partial charge in [-0.1, -0.05) is 0 Å². The summed E-state index contributed by atoms with van der Waals surface area (Å²) in [5.41, 5.74) is 0.848. The number of halogens is 3. The lowest BCUT2D eigenvalue weighted by Gasteiger charge is -2.12. The quantitative estimate of drug-likeness (QED) is 0.809. The van der Waals surface area contributed by atoms with Gasteiger partial charge in [-0.15, -0.1) is 0 Å². The van der Waals surface area contributed by atoms with E-state index in [1.54, 1.807) is 32.9 Å². The Hall–Kier alpha value is -1.70. The zero-order valence-electron chi connectivity index (χ0n) is 12.4. The van der Waals surface area contributed by atoms with Gasteiger partial charge in [0.15, 0.2) is 0 Å². The Bertz CT molecular complexity index is 729. The molecule has 0 bridgehead atoms. The van der Waals surface area contributed by atoms with Crippen molar-refractivity contribution >= 4 is 28.1 Å². The zero-order valence-corrected chi connectivity index (χ0v) is 13.2. The first-order valence-electron chi connectivity index (χ1n) is 6.54. The standard InChI is InChI=1S/C14H16F3N3OS/c1-13(2,3)22(21)19-7-11-6-10-4-5-20(9-14(15,16)17)12(10)8-18-11/h4-8H,9H2,1-3H3/t22-/m1/s1. The van der Waals surface area contributed by atoms with Crippen LogP contribution in [0.4, 0.5) is 13.2 Å². The zero-order chi connectivity index (χ0) is 16.5. The Morgan fingerprint density at radius 2 is 2.05 bits per heavy atom. The van der Waals surface area contributed by atoms with Crippen LogP contribution in [0, 0.1) is 0 Å². The summed E-state index contributed by atoms with van der Waals surface area (Å²) in [6, 6.07) is 3.20. The van der Waals surface area contributed by atoms with Crippen LogP contribution in [0.1, 0.15) is 26.5 Å². The largest absolute Gasteiger partial charge is 0.406 e. The molecule has 0 unspecified atom stereocenters. The van der Waals surface area contributed by atoms with E-state index in [1.807, 2.05) is 0 Å². The molecule has 4 nitrogen and oxygen atoms in total. The summed E-state index contributed by atoms with van der Waals surface area (Å²) in [6.07, 6.45) is -0.173. The highest BCUT2D eigenvalue weighted by atomic mass is 32.2. The van der Waals surface area contributed by atoms with Crippen LogP contribution in [0.25, 0.3) is 10.9 Å². The van der Waals surface area contributed by atoms with E-state index in [2.05, 4.69) is 9.38 Å². The van der Waals surface area contributed by atoms with Crippen molar-refractivity contribution in [2.45, 2.75) is 38.2 Å². The van der Waals surface area contributed by atoms with E-state index in [-0.39, 0.29) is 0 Å². The minimum atomic E-state index is -4.28. The summed E-state index contributed by atoms with van der Waals surface area (Å²) in [4.78, 5) is 4.05. The van der Waals surface area contributed by atoms with Crippen LogP contribution >= 0.6 is 0 Å². The van der Waals surface area contributed by atoms with Gasteiger partial charge in [-0.3, -0.25) is 4.98 Å². The van der Waals surface area contributed by atoms with Crippen molar-refractivity contribution in [2.24, 2.45) is 4.40 Å². The minimum Gasteiger partial charge on any atom is -0.337 e. The third kappa shape index (κ3) is 4.16. The van der Waals surface area contributed by atoms with Crippen molar-refractivity contribution in [3.05, 3.63) is 30.2 Å². The van der Waals surface area contributed by atoms with Gasteiger partial charge in [0.25, 0.3) is 0 Å². The Labute approximate surface area is 128 Å². The molecule has 0 aliphatic carbocycles. The Kier molecular flexibility index (Phi) is 4.42. The third-order valence-corrected chi connectivity index (χ3v) is 4.18. The third-order valence-electron chi connectivity index (χ3n) is 2.83. The van der Waals surface area contributed by atoms with E-state index in [1.165, 1.54) is 18.6 Å². The molecule has 0 spiro atoms. The van der Waals surface area contributed by atoms with E-state index in [4.69, 9.17) is 0 Å². The number of hydrogen-bond acceptors (Lipinski definition) is 2. The second-order valence-electron chi connectivity index (χ2n) is 5.82. The number of rotatable bonds is 3. The predicted molar refractivity (Wildman–Crippen MR) is 81.3 cm³/mol.